The predicted octanol–water partition coefficient (Wildman–Crippen LogP) is 3.50. The van der Waals surface area contributed by atoms with Crippen molar-refractivity contribution in [3.63, 3.8) is 0 Å². The Morgan fingerprint density at radius 1 is 1.29 bits per heavy atom. The first kappa shape index (κ1) is 14.3. The van der Waals surface area contributed by atoms with Crippen LogP contribution in [0.25, 0.3) is 0 Å². The Hall–Kier alpha value is -1.61. The van der Waals surface area contributed by atoms with Gasteiger partial charge in [0.15, 0.2) is 0 Å². The summed E-state index contributed by atoms with van der Waals surface area (Å²) in [6.45, 7) is 5.19. The molecule has 0 spiro atoms. The SMILES string of the molecule is CCCNCc1ccnn1CC1CCCc2ccccc21. The van der Waals surface area contributed by atoms with Crippen molar-refractivity contribution in [3.8, 4) is 0 Å². The fraction of sp³-hybridized carbons (Fsp3) is 0.500. The summed E-state index contributed by atoms with van der Waals surface area (Å²) < 4.78 is 2.19. The van der Waals surface area contributed by atoms with Crippen molar-refractivity contribution in [2.75, 3.05) is 6.54 Å². The molecule has 0 fully saturated rings. The summed E-state index contributed by atoms with van der Waals surface area (Å²) in [7, 11) is 0. The highest BCUT2D eigenvalue weighted by atomic mass is 15.3. The van der Waals surface area contributed by atoms with Crippen LogP contribution in [0.3, 0.4) is 0 Å². The van der Waals surface area contributed by atoms with E-state index in [9.17, 15) is 0 Å². The highest BCUT2D eigenvalue weighted by Gasteiger charge is 2.21. The van der Waals surface area contributed by atoms with Crippen LogP contribution in [-0.2, 0) is 19.5 Å². The normalized spacial score (nSPS) is 17.7. The molecule has 0 amide bonds. The molecular formula is C18H25N3. The van der Waals surface area contributed by atoms with Gasteiger partial charge in [0.25, 0.3) is 0 Å². The van der Waals surface area contributed by atoms with Gasteiger partial charge in [0.2, 0.25) is 0 Å². The van der Waals surface area contributed by atoms with Crippen molar-refractivity contribution < 1.29 is 0 Å². The molecular weight excluding hydrogens is 258 g/mol. The van der Waals surface area contributed by atoms with Gasteiger partial charge in [-0.3, -0.25) is 4.68 Å². The molecule has 1 aromatic heterocycles. The van der Waals surface area contributed by atoms with Crippen LogP contribution >= 0.6 is 0 Å². The number of nitrogens with one attached hydrogen (secondary N) is 1. The average molecular weight is 283 g/mol. The smallest absolute Gasteiger partial charge is 0.0522 e. The van der Waals surface area contributed by atoms with Gasteiger partial charge in [0, 0.05) is 25.2 Å². The Bertz CT molecular complexity index is 573. The molecule has 21 heavy (non-hydrogen) atoms. The number of rotatable bonds is 6. The number of fused-ring (bicyclic) bond motifs is 1. The van der Waals surface area contributed by atoms with Crippen LogP contribution in [0.4, 0.5) is 0 Å². The number of hydrogen-bond acceptors (Lipinski definition) is 2. The maximum atomic E-state index is 4.54. The van der Waals surface area contributed by atoms with Crippen molar-refractivity contribution in [1.82, 2.24) is 15.1 Å². The second-order valence-corrected chi connectivity index (χ2v) is 5.97. The molecule has 0 radical (unpaired) electrons. The Morgan fingerprint density at radius 2 is 2.19 bits per heavy atom. The lowest BCUT2D eigenvalue weighted by molar-refractivity contribution is 0.442. The van der Waals surface area contributed by atoms with E-state index in [0.717, 1.165) is 19.6 Å². The molecule has 3 heteroatoms. The van der Waals surface area contributed by atoms with Crippen LogP contribution in [0.2, 0.25) is 0 Å². The van der Waals surface area contributed by atoms with Gasteiger partial charge in [-0.2, -0.15) is 5.10 Å². The lowest BCUT2D eigenvalue weighted by atomic mass is 9.83. The minimum absolute atomic E-state index is 0.611. The van der Waals surface area contributed by atoms with Gasteiger partial charge in [0.05, 0.1) is 5.69 Å². The van der Waals surface area contributed by atoms with E-state index in [4.69, 9.17) is 0 Å². The van der Waals surface area contributed by atoms with Crippen LogP contribution < -0.4 is 5.32 Å². The maximum absolute atomic E-state index is 4.54. The Labute approximate surface area is 127 Å². The molecule has 0 saturated carbocycles. The van der Waals surface area contributed by atoms with Gasteiger partial charge in [0.1, 0.15) is 0 Å². The van der Waals surface area contributed by atoms with Crippen LogP contribution in [0.1, 0.15) is 48.9 Å². The molecule has 0 saturated heterocycles. The second kappa shape index (κ2) is 6.90. The third-order valence-corrected chi connectivity index (χ3v) is 4.42. The molecule has 1 aliphatic rings. The van der Waals surface area contributed by atoms with Crippen molar-refractivity contribution in [3.05, 3.63) is 53.3 Å². The molecule has 2 aromatic rings. The van der Waals surface area contributed by atoms with E-state index in [1.807, 2.05) is 6.20 Å². The summed E-state index contributed by atoms with van der Waals surface area (Å²) in [5.74, 6) is 0.611. The number of aryl methyl sites for hydroxylation is 1. The standard InChI is InChI=1S/C18H25N3/c1-2-11-19-13-17-10-12-20-21(17)14-16-8-5-7-15-6-3-4-9-18(15)16/h3-4,6,9-10,12,16,19H,2,5,7-8,11,13-14H2,1H3. The second-order valence-electron chi connectivity index (χ2n) is 5.97. The molecule has 1 aliphatic carbocycles. The van der Waals surface area contributed by atoms with Crippen molar-refractivity contribution in [2.24, 2.45) is 0 Å². The molecule has 1 heterocycles. The Balaban J connectivity index is 1.72. The Kier molecular flexibility index (Phi) is 4.71. The van der Waals surface area contributed by atoms with Gasteiger partial charge in [-0.15, -0.1) is 0 Å². The number of benzene rings is 1. The summed E-state index contributed by atoms with van der Waals surface area (Å²) in [6.07, 6.45) is 6.91. The van der Waals surface area contributed by atoms with E-state index in [2.05, 4.69) is 52.4 Å². The molecule has 0 bridgehead atoms. The summed E-state index contributed by atoms with van der Waals surface area (Å²) in [4.78, 5) is 0. The summed E-state index contributed by atoms with van der Waals surface area (Å²) in [6, 6.07) is 11.1. The largest absolute Gasteiger partial charge is 0.311 e. The third-order valence-electron chi connectivity index (χ3n) is 4.42. The fourth-order valence-electron chi connectivity index (χ4n) is 3.32. The molecule has 1 unspecified atom stereocenters. The molecule has 0 aliphatic heterocycles. The molecule has 112 valence electrons. The summed E-state index contributed by atoms with van der Waals surface area (Å²) in [5.41, 5.74) is 4.37. The first-order valence-corrected chi connectivity index (χ1v) is 8.17. The van der Waals surface area contributed by atoms with E-state index in [1.165, 1.54) is 42.5 Å². The van der Waals surface area contributed by atoms with Crippen molar-refractivity contribution in [2.45, 2.75) is 51.6 Å². The van der Waals surface area contributed by atoms with Gasteiger partial charge >= 0.3 is 0 Å². The zero-order valence-corrected chi connectivity index (χ0v) is 12.9. The molecule has 3 rings (SSSR count). The number of nitrogens with zero attached hydrogens (tertiary/aromatic N) is 2. The molecule has 1 aromatic carbocycles. The Morgan fingerprint density at radius 3 is 3.10 bits per heavy atom. The fourth-order valence-corrected chi connectivity index (χ4v) is 3.32. The molecule has 3 nitrogen and oxygen atoms in total. The van der Waals surface area contributed by atoms with Gasteiger partial charge in [-0.1, -0.05) is 31.2 Å². The quantitative estimate of drug-likeness (QED) is 0.822. The van der Waals surface area contributed by atoms with Crippen LogP contribution in [-0.4, -0.2) is 16.3 Å². The van der Waals surface area contributed by atoms with E-state index < -0.39 is 0 Å². The minimum Gasteiger partial charge on any atom is -0.311 e. The highest BCUT2D eigenvalue weighted by molar-refractivity contribution is 5.32. The molecule has 1 N–H and O–H groups in total. The monoisotopic (exact) mass is 283 g/mol. The van der Waals surface area contributed by atoms with Crippen LogP contribution in [0, 0.1) is 0 Å². The average Bonchev–Trinajstić information content (AvgIpc) is 2.95. The van der Waals surface area contributed by atoms with E-state index in [1.54, 1.807) is 0 Å². The number of hydrogen-bond donors (Lipinski definition) is 1. The molecule has 1 atom stereocenters. The first-order valence-electron chi connectivity index (χ1n) is 8.17. The van der Waals surface area contributed by atoms with Crippen LogP contribution in [0.5, 0.6) is 0 Å². The maximum Gasteiger partial charge on any atom is 0.0522 e. The zero-order chi connectivity index (χ0) is 14.5. The highest BCUT2D eigenvalue weighted by Crippen LogP contribution is 2.32. The minimum atomic E-state index is 0.611. The lowest BCUT2D eigenvalue weighted by Gasteiger charge is -2.26. The van der Waals surface area contributed by atoms with Crippen molar-refractivity contribution in [1.29, 1.82) is 0 Å². The topological polar surface area (TPSA) is 29.9 Å². The zero-order valence-electron chi connectivity index (χ0n) is 12.9. The number of aromatic nitrogens is 2. The van der Waals surface area contributed by atoms with E-state index in [0.29, 0.717) is 5.92 Å². The van der Waals surface area contributed by atoms with Gasteiger partial charge < -0.3 is 5.32 Å². The van der Waals surface area contributed by atoms with Crippen molar-refractivity contribution >= 4 is 0 Å². The summed E-state index contributed by atoms with van der Waals surface area (Å²) in [5, 5.41) is 8.01. The van der Waals surface area contributed by atoms with E-state index in [-0.39, 0.29) is 0 Å². The third kappa shape index (κ3) is 3.35. The summed E-state index contributed by atoms with van der Waals surface area (Å²) >= 11 is 0. The lowest BCUT2D eigenvalue weighted by Crippen LogP contribution is -2.21. The predicted molar refractivity (Wildman–Crippen MR) is 86.3 cm³/mol. The van der Waals surface area contributed by atoms with Gasteiger partial charge in [-0.25, -0.2) is 0 Å². The van der Waals surface area contributed by atoms with Gasteiger partial charge in [-0.05, 0) is 49.4 Å². The van der Waals surface area contributed by atoms with Crippen LogP contribution in [0.15, 0.2) is 36.5 Å². The van der Waals surface area contributed by atoms with E-state index >= 15 is 0 Å². The first-order chi connectivity index (χ1) is 10.4.